The molecule has 3 aromatic rings. The molecule has 1 amide bonds. The van der Waals surface area contributed by atoms with Crippen LogP contribution in [0.2, 0.25) is 5.02 Å². The summed E-state index contributed by atoms with van der Waals surface area (Å²) in [5, 5.41) is 5.25. The van der Waals surface area contributed by atoms with Gasteiger partial charge in [0.15, 0.2) is 0 Å². The largest absolute Gasteiger partial charge is 0.337 e. The Morgan fingerprint density at radius 3 is 2.63 bits per heavy atom. The number of amides is 1. The maximum Gasteiger partial charge on any atom is 0.246 e. The van der Waals surface area contributed by atoms with E-state index in [1.165, 1.54) is 0 Å². The number of nitrogens with zero attached hydrogens (tertiary/aromatic N) is 4. The highest BCUT2D eigenvalue weighted by Gasteiger charge is 2.20. The molecule has 138 valence electrons. The Balaban J connectivity index is 1.31. The zero-order valence-electron chi connectivity index (χ0n) is 15.0. The lowest BCUT2D eigenvalue weighted by atomic mass is 10.2. The van der Waals surface area contributed by atoms with Crippen LogP contribution in [-0.2, 0) is 11.3 Å². The average Bonchev–Trinajstić information content (AvgIpc) is 3.10. The summed E-state index contributed by atoms with van der Waals surface area (Å²) >= 11 is 6.13. The van der Waals surface area contributed by atoms with Gasteiger partial charge in [-0.3, -0.25) is 9.69 Å². The number of hydrogen-bond acceptors (Lipinski definition) is 3. The van der Waals surface area contributed by atoms with Crippen molar-refractivity contribution >= 4 is 29.1 Å². The Hall–Kier alpha value is -2.63. The van der Waals surface area contributed by atoms with Crippen LogP contribution >= 0.6 is 11.6 Å². The highest BCUT2D eigenvalue weighted by atomic mass is 35.5. The molecular weight excluding hydrogens is 360 g/mol. The van der Waals surface area contributed by atoms with Crippen molar-refractivity contribution in [2.24, 2.45) is 0 Å². The van der Waals surface area contributed by atoms with Crippen molar-refractivity contribution in [2.45, 2.75) is 6.54 Å². The number of rotatable bonds is 4. The van der Waals surface area contributed by atoms with Gasteiger partial charge in [-0.05, 0) is 35.9 Å². The number of pyridine rings is 1. The number of carbonyl (C=O) groups excluding carboxylic acids is 1. The summed E-state index contributed by atoms with van der Waals surface area (Å²) in [6, 6.07) is 15.7. The van der Waals surface area contributed by atoms with Crippen molar-refractivity contribution in [3.63, 3.8) is 0 Å². The van der Waals surface area contributed by atoms with Gasteiger partial charge in [0.25, 0.3) is 0 Å². The molecule has 1 aliphatic rings. The molecule has 1 aromatic carbocycles. The molecule has 27 heavy (non-hydrogen) atoms. The Bertz CT molecular complexity index is 940. The van der Waals surface area contributed by atoms with Crippen LogP contribution < -0.4 is 0 Å². The summed E-state index contributed by atoms with van der Waals surface area (Å²) in [7, 11) is 0. The van der Waals surface area contributed by atoms with Crippen molar-refractivity contribution in [3.05, 3.63) is 77.1 Å². The lowest BCUT2D eigenvalue weighted by Crippen LogP contribution is -2.47. The van der Waals surface area contributed by atoms with Gasteiger partial charge in [0.1, 0.15) is 0 Å². The van der Waals surface area contributed by atoms with Crippen molar-refractivity contribution in [1.29, 1.82) is 0 Å². The van der Waals surface area contributed by atoms with Gasteiger partial charge in [-0.1, -0.05) is 35.9 Å². The summed E-state index contributed by atoms with van der Waals surface area (Å²) in [5.41, 5.74) is 3.02. The highest BCUT2D eigenvalue weighted by molar-refractivity contribution is 6.32. The predicted molar refractivity (Wildman–Crippen MR) is 108 cm³/mol. The fourth-order valence-corrected chi connectivity index (χ4v) is 3.50. The quantitative estimate of drug-likeness (QED) is 0.652. The predicted octanol–water partition coefficient (Wildman–Crippen LogP) is 3.35. The van der Waals surface area contributed by atoms with E-state index in [0.29, 0.717) is 5.02 Å². The second-order valence-corrected chi connectivity index (χ2v) is 7.07. The SMILES string of the molecule is O=C(/C=C/c1ccccc1Cl)N1CCN(Cc2cc3ccccn3n2)CC1. The van der Waals surface area contributed by atoms with Crippen LogP contribution in [0.15, 0.2) is 60.8 Å². The number of carbonyl (C=O) groups is 1. The maximum atomic E-state index is 12.4. The molecule has 0 atom stereocenters. The minimum Gasteiger partial charge on any atom is -0.337 e. The average molecular weight is 381 g/mol. The molecule has 0 unspecified atom stereocenters. The van der Waals surface area contributed by atoms with Gasteiger partial charge >= 0.3 is 0 Å². The fourth-order valence-electron chi connectivity index (χ4n) is 3.30. The summed E-state index contributed by atoms with van der Waals surface area (Å²) in [5.74, 6) is 0.0299. The van der Waals surface area contributed by atoms with E-state index in [1.54, 1.807) is 12.2 Å². The van der Waals surface area contributed by atoms with Crippen LogP contribution in [0.25, 0.3) is 11.6 Å². The van der Waals surface area contributed by atoms with E-state index in [0.717, 1.165) is 49.5 Å². The Labute approximate surface area is 163 Å². The van der Waals surface area contributed by atoms with Gasteiger partial charge < -0.3 is 4.90 Å². The molecule has 1 saturated heterocycles. The number of fused-ring (bicyclic) bond motifs is 1. The topological polar surface area (TPSA) is 40.9 Å². The summed E-state index contributed by atoms with van der Waals surface area (Å²) < 4.78 is 1.90. The third-order valence-corrected chi connectivity index (χ3v) is 5.15. The molecule has 0 spiro atoms. The molecule has 0 radical (unpaired) electrons. The normalized spacial score (nSPS) is 15.7. The van der Waals surface area contributed by atoms with Crippen LogP contribution in [0.4, 0.5) is 0 Å². The van der Waals surface area contributed by atoms with E-state index >= 15 is 0 Å². The second-order valence-electron chi connectivity index (χ2n) is 6.66. The van der Waals surface area contributed by atoms with E-state index in [1.807, 2.05) is 52.0 Å². The molecule has 0 N–H and O–H groups in total. The summed E-state index contributed by atoms with van der Waals surface area (Å²) in [6.45, 7) is 3.94. The zero-order valence-corrected chi connectivity index (χ0v) is 15.7. The van der Waals surface area contributed by atoms with Gasteiger partial charge in [0, 0.05) is 50.0 Å². The molecule has 4 rings (SSSR count). The third-order valence-electron chi connectivity index (χ3n) is 4.80. The Morgan fingerprint density at radius 1 is 1.07 bits per heavy atom. The fraction of sp³-hybridized carbons (Fsp3) is 0.238. The van der Waals surface area contributed by atoms with Crippen LogP contribution in [0.1, 0.15) is 11.3 Å². The molecule has 0 aliphatic carbocycles. The van der Waals surface area contributed by atoms with Crippen LogP contribution in [0.3, 0.4) is 0 Å². The van der Waals surface area contributed by atoms with E-state index in [2.05, 4.69) is 22.1 Å². The smallest absolute Gasteiger partial charge is 0.246 e. The first-order valence-electron chi connectivity index (χ1n) is 9.06. The molecule has 0 saturated carbocycles. The van der Waals surface area contributed by atoms with Gasteiger partial charge in [-0.25, -0.2) is 4.52 Å². The minimum atomic E-state index is 0.0299. The van der Waals surface area contributed by atoms with E-state index < -0.39 is 0 Å². The second kappa shape index (κ2) is 7.94. The number of aromatic nitrogens is 2. The molecular formula is C21H21ClN4O. The highest BCUT2D eigenvalue weighted by Crippen LogP contribution is 2.17. The molecule has 1 aliphatic heterocycles. The molecule has 1 fully saturated rings. The number of halogens is 1. The number of hydrogen-bond donors (Lipinski definition) is 0. The Kier molecular flexibility index (Phi) is 5.23. The molecule has 0 bridgehead atoms. The monoisotopic (exact) mass is 380 g/mol. The number of benzene rings is 1. The van der Waals surface area contributed by atoms with Crippen LogP contribution in [0, 0.1) is 0 Å². The van der Waals surface area contributed by atoms with Crippen molar-refractivity contribution in [3.8, 4) is 0 Å². The number of piperazine rings is 1. The van der Waals surface area contributed by atoms with Gasteiger partial charge in [0.2, 0.25) is 5.91 Å². The first-order valence-corrected chi connectivity index (χ1v) is 9.44. The first kappa shape index (κ1) is 17.8. The van der Waals surface area contributed by atoms with E-state index in [-0.39, 0.29) is 5.91 Å². The first-order chi connectivity index (χ1) is 13.2. The maximum absolute atomic E-state index is 12.4. The van der Waals surface area contributed by atoms with E-state index in [4.69, 9.17) is 11.6 Å². The minimum absolute atomic E-state index is 0.0299. The van der Waals surface area contributed by atoms with Crippen LogP contribution in [-0.4, -0.2) is 51.5 Å². The zero-order chi connectivity index (χ0) is 18.6. The lowest BCUT2D eigenvalue weighted by Gasteiger charge is -2.33. The van der Waals surface area contributed by atoms with Gasteiger partial charge in [-0.2, -0.15) is 5.10 Å². The Morgan fingerprint density at radius 2 is 1.85 bits per heavy atom. The van der Waals surface area contributed by atoms with Gasteiger partial charge in [0.05, 0.1) is 11.2 Å². The van der Waals surface area contributed by atoms with Crippen molar-refractivity contribution in [2.75, 3.05) is 26.2 Å². The van der Waals surface area contributed by atoms with E-state index in [9.17, 15) is 4.79 Å². The van der Waals surface area contributed by atoms with Crippen molar-refractivity contribution in [1.82, 2.24) is 19.4 Å². The summed E-state index contributed by atoms with van der Waals surface area (Å²) in [6.07, 6.45) is 5.35. The molecule has 6 heteroatoms. The molecule has 2 aromatic heterocycles. The standard InChI is InChI=1S/C21H21ClN4O/c22-20-7-2-1-5-17(20)8-9-21(27)25-13-11-24(12-14-25)16-18-15-19-6-3-4-10-26(19)23-18/h1-10,15H,11-14,16H2/b9-8+. The van der Waals surface area contributed by atoms with Gasteiger partial charge in [-0.15, -0.1) is 0 Å². The molecule has 5 nitrogen and oxygen atoms in total. The van der Waals surface area contributed by atoms with Crippen molar-refractivity contribution < 1.29 is 4.79 Å². The third kappa shape index (κ3) is 4.21. The lowest BCUT2D eigenvalue weighted by molar-refractivity contribution is -0.127. The summed E-state index contributed by atoms with van der Waals surface area (Å²) in [4.78, 5) is 16.6. The molecule has 3 heterocycles. The van der Waals surface area contributed by atoms with Crippen LogP contribution in [0.5, 0.6) is 0 Å².